The molecule has 24 heavy (non-hydrogen) atoms. The second-order valence-electron chi connectivity index (χ2n) is 5.84. The van der Waals surface area contributed by atoms with Crippen LogP contribution in [0.15, 0.2) is 48.5 Å². The number of imidazole rings is 1. The number of methoxy groups -OCH3 is 1. The maximum absolute atomic E-state index is 10.4. The first-order valence-electron chi connectivity index (χ1n) is 7.98. The smallest absolute Gasteiger partial charge is 0.136 e. The highest BCUT2D eigenvalue weighted by Crippen LogP contribution is 2.18. The van der Waals surface area contributed by atoms with Crippen LogP contribution in [0.4, 0.5) is 0 Å². The number of aromatic nitrogens is 2. The highest BCUT2D eigenvalue weighted by molar-refractivity contribution is 5.75. The molecular formula is C19H22N2O3. The second-order valence-corrected chi connectivity index (χ2v) is 5.84. The number of benzene rings is 2. The quantitative estimate of drug-likeness (QED) is 0.725. The van der Waals surface area contributed by atoms with Crippen LogP contribution in [0.1, 0.15) is 11.4 Å². The van der Waals surface area contributed by atoms with Gasteiger partial charge in [-0.15, -0.1) is 0 Å². The number of aryl methyl sites for hydroxylation is 1. The van der Waals surface area contributed by atoms with Gasteiger partial charge in [0, 0.05) is 7.11 Å². The van der Waals surface area contributed by atoms with Crippen LogP contribution in [0.2, 0.25) is 0 Å². The van der Waals surface area contributed by atoms with Crippen molar-refractivity contribution in [3.05, 3.63) is 59.9 Å². The molecule has 2 aromatic carbocycles. The topological polar surface area (TPSA) is 56.5 Å². The standard InChI is InChI=1S/C19H22N2O3/c1-14-7-9-16(10-8-14)24-12-15(22)11-21-18-6-4-3-5-17(18)20-19(21)13-23-2/h3-10,15,22H,11-13H2,1-2H3/t15-/m1/s1. The summed E-state index contributed by atoms with van der Waals surface area (Å²) in [6.07, 6.45) is -0.639. The number of hydrogen-bond acceptors (Lipinski definition) is 4. The largest absolute Gasteiger partial charge is 0.491 e. The van der Waals surface area contributed by atoms with Gasteiger partial charge in [0.15, 0.2) is 0 Å². The maximum atomic E-state index is 10.4. The molecule has 0 amide bonds. The molecule has 1 heterocycles. The van der Waals surface area contributed by atoms with Crippen LogP contribution in [0, 0.1) is 6.92 Å². The normalized spacial score (nSPS) is 12.5. The van der Waals surface area contributed by atoms with Gasteiger partial charge in [-0.3, -0.25) is 0 Å². The summed E-state index contributed by atoms with van der Waals surface area (Å²) in [5, 5.41) is 10.4. The molecule has 0 aliphatic rings. The van der Waals surface area contributed by atoms with Gasteiger partial charge >= 0.3 is 0 Å². The van der Waals surface area contributed by atoms with Crippen molar-refractivity contribution in [3.8, 4) is 5.75 Å². The molecule has 126 valence electrons. The highest BCUT2D eigenvalue weighted by Gasteiger charge is 2.14. The van der Waals surface area contributed by atoms with Crippen molar-refractivity contribution in [2.45, 2.75) is 26.2 Å². The number of para-hydroxylation sites is 2. The lowest BCUT2D eigenvalue weighted by molar-refractivity contribution is 0.0901. The van der Waals surface area contributed by atoms with E-state index >= 15 is 0 Å². The summed E-state index contributed by atoms with van der Waals surface area (Å²) in [5.41, 5.74) is 3.06. The van der Waals surface area contributed by atoms with Crippen molar-refractivity contribution in [2.24, 2.45) is 0 Å². The highest BCUT2D eigenvalue weighted by atomic mass is 16.5. The Balaban J connectivity index is 1.71. The van der Waals surface area contributed by atoms with E-state index in [-0.39, 0.29) is 6.61 Å². The Morgan fingerprint density at radius 1 is 1.12 bits per heavy atom. The zero-order valence-corrected chi connectivity index (χ0v) is 14.0. The van der Waals surface area contributed by atoms with E-state index in [4.69, 9.17) is 9.47 Å². The van der Waals surface area contributed by atoms with Crippen LogP contribution < -0.4 is 4.74 Å². The number of nitrogens with zero attached hydrogens (tertiary/aromatic N) is 2. The summed E-state index contributed by atoms with van der Waals surface area (Å²) >= 11 is 0. The molecule has 1 aromatic heterocycles. The van der Waals surface area contributed by atoms with E-state index in [1.165, 1.54) is 5.56 Å². The fourth-order valence-corrected chi connectivity index (χ4v) is 2.66. The summed E-state index contributed by atoms with van der Waals surface area (Å²) in [4.78, 5) is 4.57. The molecule has 3 rings (SSSR count). The van der Waals surface area contributed by atoms with Gasteiger partial charge in [0.1, 0.15) is 30.9 Å². The van der Waals surface area contributed by atoms with E-state index in [1.807, 2.05) is 60.0 Å². The molecule has 3 aromatic rings. The van der Waals surface area contributed by atoms with E-state index < -0.39 is 6.10 Å². The fourth-order valence-electron chi connectivity index (χ4n) is 2.66. The van der Waals surface area contributed by atoms with Crippen molar-refractivity contribution in [1.29, 1.82) is 0 Å². The Hall–Kier alpha value is -2.37. The first kappa shape index (κ1) is 16.5. The van der Waals surface area contributed by atoms with Gasteiger partial charge in [0.05, 0.1) is 17.6 Å². The molecule has 0 aliphatic heterocycles. The van der Waals surface area contributed by atoms with E-state index in [1.54, 1.807) is 7.11 Å². The minimum atomic E-state index is -0.639. The molecule has 1 atom stereocenters. The monoisotopic (exact) mass is 326 g/mol. The number of ether oxygens (including phenoxy) is 2. The summed E-state index contributed by atoms with van der Waals surface area (Å²) in [5.74, 6) is 1.56. The molecular weight excluding hydrogens is 304 g/mol. The van der Waals surface area contributed by atoms with Crippen LogP contribution in [-0.2, 0) is 17.9 Å². The van der Waals surface area contributed by atoms with E-state index in [2.05, 4.69) is 4.98 Å². The van der Waals surface area contributed by atoms with Gasteiger partial charge < -0.3 is 19.1 Å². The molecule has 0 radical (unpaired) electrons. The van der Waals surface area contributed by atoms with Crippen LogP contribution >= 0.6 is 0 Å². The predicted octanol–water partition coefficient (Wildman–Crippen LogP) is 2.93. The number of aliphatic hydroxyl groups is 1. The molecule has 1 N–H and O–H groups in total. The number of rotatable bonds is 7. The molecule has 0 aliphatic carbocycles. The Bertz CT molecular complexity index is 796. The third-order valence-corrected chi connectivity index (χ3v) is 3.86. The minimum absolute atomic E-state index is 0.224. The van der Waals surface area contributed by atoms with E-state index in [0.717, 1.165) is 22.6 Å². The third kappa shape index (κ3) is 3.75. The molecule has 0 saturated heterocycles. The average Bonchev–Trinajstić information content (AvgIpc) is 2.92. The van der Waals surface area contributed by atoms with Gasteiger partial charge in [-0.2, -0.15) is 0 Å². The first-order valence-corrected chi connectivity index (χ1v) is 7.98. The van der Waals surface area contributed by atoms with Gasteiger partial charge in [0.25, 0.3) is 0 Å². The van der Waals surface area contributed by atoms with Gasteiger partial charge in [0.2, 0.25) is 0 Å². The molecule has 0 unspecified atom stereocenters. The van der Waals surface area contributed by atoms with Crippen LogP contribution in [0.5, 0.6) is 5.75 Å². The molecule has 5 nitrogen and oxygen atoms in total. The van der Waals surface area contributed by atoms with Crippen LogP contribution in [0.25, 0.3) is 11.0 Å². The van der Waals surface area contributed by atoms with Crippen LogP contribution in [-0.4, -0.2) is 34.5 Å². The number of fused-ring (bicyclic) bond motifs is 1. The molecule has 5 heteroatoms. The fraction of sp³-hybridized carbons (Fsp3) is 0.316. The van der Waals surface area contributed by atoms with E-state index in [9.17, 15) is 5.11 Å². The van der Waals surface area contributed by atoms with Gasteiger partial charge in [-0.05, 0) is 31.2 Å². The van der Waals surface area contributed by atoms with Gasteiger partial charge in [-0.25, -0.2) is 4.98 Å². The average molecular weight is 326 g/mol. The second kappa shape index (κ2) is 7.47. The first-order chi connectivity index (χ1) is 11.7. The molecule has 0 bridgehead atoms. The predicted molar refractivity (Wildman–Crippen MR) is 93.1 cm³/mol. The molecule has 0 fully saturated rings. The van der Waals surface area contributed by atoms with Crippen molar-refractivity contribution < 1.29 is 14.6 Å². The number of aliphatic hydroxyl groups excluding tert-OH is 1. The van der Waals surface area contributed by atoms with E-state index in [0.29, 0.717) is 13.2 Å². The lowest BCUT2D eigenvalue weighted by Crippen LogP contribution is -2.24. The molecule has 0 spiro atoms. The minimum Gasteiger partial charge on any atom is -0.491 e. The SMILES string of the molecule is COCc1nc2ccccc2n1C[C@@H](O)COc1ccc(C)cc1. The number of hydrogen-bond donors (Lipinski definition) is 1. The lowest BCUT2D eigenvalue weighted by atomic mass is 10.2. The summed E-state index contributed by atoms with van der Waals surface area (Å²) < 4.78 is 12.9. The van der Waals surface area contributed by atoms with Crippen LogP contribution in [0.3, 0.4) is 0 Å². The van der Waals surface area contributed by atoms with Crippen molar-refractivity contribution >= 4 is 11.0 Å². The van der Waals surface area contributed by atoms with Crippen molar-refractivity contribution in [2.75, 3.05) is 13.7 Å². The van der Waals surface area contributed by atoms with Gasteiger partial charge in [-0.1, -0.05) is 29.8 Å². The zero-order chi connectivity index (χ0) is 16.9. The lowest BCUT2D eigenvalue weighted by Gasteiger charge is -2.15. The summed E-state index contributed by atoms with van der Waals surface area (Å²) in [7, 11) is 1.64. The zero-order valence-electron chi connectivity index (χ0n) is 14.0. The van der Waals surface area contributed by atoms with Crippen molar-refractivity contribution in [3.63, 3.8) is 0 Å². The van der Waals surface area contributed by atoms with Crippen molar-refractivity contribution in [1.82, 2.24) is 9.55 Å². The Morgan fingerprint density at radius 2 is 1.88 bits per heavy atom. The maximum Gasteiger partial charge on any atom is 0.136 e. The Kier molecular flexibility index (Phi) is 5.13. The molecule has 0 saturated carbocycles. The summed E-state index contributed by atoms with van der Waals surface area (Å²) in [6, 6.07) is 15.7. The third-order valence-electron chi connectivity index (χ3n) is 3.86. The summed E-state index contributed by atoms with van der Waals surface area (Å²) in [6.45, 7) is 3.06. The Labute approximate surface area is 141 Å². The Morgan fingerprint density at radius 3 is 2.62 bits per heavy atom.